The van der Waals surface area contributed by atoms with E-state index in [0.717, 1.165) is 11.3 Å². The third-order valence-electron chi connectivity index (χ3n) is 5.36. The summed E-state index contributed by atoms with van der Waals surface area (Å²) in [5.74, 6) is -3.21. The standard InChI is InChI=1S/C22H17F3N2O5S/c1-11(28)12-4-6-13(7-5-12)14-8-9-15(32-14)18-17(19(29)16-3-2-10-33-16)21(31,22(23,24)25)27-20(30)26-18/h2-10,17-18,31H,1H3,(H2,26,27,30)/t17-,18+,21+/m0/s1. The smallest absolute Gasteiger partial charge is 0.437 e. The number of rotatable bonds is 5. The van der Waals surface area contributed by atoms with Gasteiger partial charge in [0.25, 0.3) is 0 Å². The Kier molecular flexibility index (Phi) is 5.62. The molecule has 1 saturated heterocycles. The zero-order chi connectivity index (χ0) is 24.0. The van der Waals surface area contributed by atoms with Crippen molar-refractivity contribution in [2.75, 3.05) is 0 Å². The Balaban J connectivity index is 1.76. The number of carbonyl (C=O) groups is 3. The predicted molar refractivity (Wildman–Crippen MR) is 112 cm³/mol. The molecule has 2 aromatic heterocycles. The Hall–Kier alpha value is -3.44. The Morgan fingerprint density at radius 3 is 2.39 bits per heavy atom. The third kappa shape index (κ3) is 4.05. The number of alkyl halides is 3. The van der Waals surface area contributed by atoms with Crippen molar-refractivity contribution < 1.29 is 37.1 Å². The maximum atomic E-state index is 13.9. The van der Waals surface area contributed by atoms with E-state index >= 15 is 0 Å². The van der Waals surface area contributed by atoms with E-state index in [-0.39, 0.29) is 22.2 Å². The van der Waals surface area contributed by atoms with Crippen LogP contribution in [0.15, 0.2) is 58.3 Å². The third-order valence-corrected chi connectivity index (χ3v) is 6.25. The number of urea groups is 1. The number of amides is 2. The molecule has 0 aliphatic carbocycles. The van der Waals surface area contributed by atoms with Gasteiger partial charge in [-0.3, -0.25) is 9.59 Å². The first-order valence-corrected chi connectivity index (χ1v) is 10.6. The van der Waals surface area contributed by atoms with Gasteiger partial charge < -0.3 is 20.2 Å². The normalized spacial score (nSPS) is 23.0. The maximum absolute atomic E-state index is 13.9. The van der Waals surface area contributed by atoms with Crippen molar-refractivity contribution in [3.05, 3.63) is 70.1 Å². The summed E-state index contributed by atoms with van der Waals surface area (Å²) in [5.41, 5.74) is -2.83. The van der Waals surface area contributed by atoms with Crippen molar-refractivity contribution in [2.45, 2.75) is 24.9 Å². The molecule has 1 fully saturated rings. The van der Waals surface area contributed by atoms with Crippen LogP contribution in [0.4, 0.5) is 18.0 Å². The Morgan fingerprint density at radius 2 is 1.82 bits per heavy atom. The van der Waals surface area contributed by atoms with Crippen LogP contribution in [0.1, 0.15) is 38.8 Å². The van der Waals surface area contributed by atoms with Crippen LogP contribution in [0.3, 0.4) is 0 Å². The summed E-state index contributed by atoms with van der Waals surface area (Å²) in [5, 5.41) is 15.8. The quantitative estimate of drug-likeness (QED) is 0.474. The molecule has 0 radical (unpaired) electrons. The second-order valence-corrected chi connectivity index (χ2v) is 8.44. The summed E-state index contributed by atoms with van der Waals surface area (Å²) < 4.78 is 47.4. The van der Waals surface area contributed by atoms with Gasteiger partial charge in [0, 0.05) is 11.1 Å². The van der Waals surface area contributed by atoms with Crippen molar-refractivity contribution >= 4 is 28.9 Å². The molecule has 172 valence electrons. The molecule has 3 aromatic rings. The van der Waals surface area contributed by atoms with Crippen LogP contribution in [-0.4, -0.2) is 34.6 Å². The van der Waals surface area contributed by atoms with E-state index < -0.39 is 35.7 Å². The van der Waals surface area contributed by atoms with E-state index in [1.165, 1.54) is 41.9 Å². The second-order valence-electron chi connectivity index (χ2n) is 7.50. The zero-order valence-electron chi connectivity index (χ0n) is 17.0. The summed E-state index contributed by atoms with van der Waals surface area (Å²) in [7, 11) is 0. The highest BCUT2D eigenvalue weighted by atomic mass is 32.1. The molecule has 33 heavy (non-hydrogen) atoms. The number of hydrogen-bond acceptors (Lipinski definition) is 6. The van der Waals surface area contributed by atoms with Crippen LogP contribution in [0, 0.1) is 5.92 Å². The molecular weight excluding hydrogens is 461 g/mol. The van der Waals surface area contributed by atoms with E-state index in [1.807, 2.05) is 0 Å². The van der Waals surface area contributed by atoms with E-state index in [1.54, 1.807) is 24.3 Å². The van der Waals surface area contributed by atoms with Gasteiger partial charge in [-0.1, -0.05) is 30.3 Å². The summed E-state index contributed by atoms with van der Waals surface area (Å²) in [6.07, 6.45) is -5.35. The Bertz CT molecular complexity index is 1200. The minimum absolute atomic E-state index is 0.0165. The Morgan fingerprint density at radius 1 is 1.12 bits per heavy atom. The van der Waals surface area contributed by atoms with Gasteiger partial charge in [0.2, 0.25) is 5.72 Å². The molecule has 11 heteroatoms. The van der Waals surface area contributed by atoms with Gasteiger partial charge in [0.05, 0.1) is 4.88 Å². The van der Waals surface area contributed by atoms with E-state index in [2.05, 4.69) is 5.32 Å². The number of halogens is 3. The highest BCUT2D eigenvalue weighted by Gasteiger charge is 2.67. The summed E-state index contributed by atoms with van der Waals surface area (Å²) in [4.78, 5) is 36.6. The number of thiophene rings is 1. The van der Waals surface area contributed by atoms with Crippen molar-refractivity contribution in [1.82, 2.24) is 10.6 Å². The lowest BCUT2D eigenvalue weighted by atomic mass is 9.80. The van der Waals surface area contributed by atoms with Gasteiger partial charge >= 0.3 is 12.2 Å². The lowest BCUT2D eigenvalue weighted by Gasteiger charge is -2.44. The number of nitrogens with one attached hydrogen (secondary N) is 2. The van der Waals surface area contributed by atoms with E-state index in [9.17, 15) is 32.7 Å². The lowest BCUT2D eigenvalue weighted by Crippen LogP contribution is -2.72. The molecule has 0 bridgehead atoms. The number of aliphatic hydroxyl groups is 1. The van der Waals surface area contributed by atoms with Crippen molar-refractivity contribution in [2.24, 2.45) is 5.92 Å². The molecular formula is C22H17F3N2O5S. The Labute approximate surface area is 189 Å². The molecule has 3 atom stereocenters. The van der Waals surface area contributed by atoms with Crippen LogP contribution >= 0.6 is 11.3 Å². The molecule has 0 saturated carbocycles. The van der Waals surface area contributed by atoms with E-state index in [0.29, 0.717) is 11.1 Å². The SMILES string of the molecule is CC(=O)c1ccc(-c2ccc([C@H]3NC(=O)N[C@](O)(C(F)(F)F)[C@@H]3C(=O)c3cccs3)o2)cc1. The first kappa shape index (κ1) is 22.7. The molecule has 1 aromatic carbocycles. The average Bonchev–Trinajstić information content (AvgIpc) is 3.44. The fourth-order valence-corrected chi connectivity index (χ4v) is 4.40. The molecule has 7 nitrogen and oxygen atoms in total. The maximum Gasteiger partial charge on any atom is 0.437 e. The van der Waals surface area contributed by atoms with Crippen molar-refractivity contribution in [1.29, 1.82) is 0 Å². The fourth-order valence-electron chi connectivity index (χ4n) is 3.69. The van der Waals surface area contributed by atoms with Crippen LogP contribution in [-0.2, 0) is 0 Å². The summed E-state index contributed by atoms with van der Waals surface area (Å²) >= 11 is 0.913. The van der Waals surface area contributed by atoms with Crippen LogP contribution in [0.2, 0.25) is 0 Å². The summed E-state index contributed by atoms with van der Waals surface area (Å²) in [6, 6.07) is 9.04. The average molecular weight is 478 g/mol. The number of ketones is 2. The highest BCUT2D eigenvalue weighted by Crippen LogP contribution is 2.45. The fraction of sp³-hybridized carbons (Fsp3) is 0.227. The topological polar surface area (TPSA) is 109 Å². The van der Waals surface area contributed by atoms with Crippen LogP contribution in [0.25, 0.3) is 11.3 Å². The van der Waals surface area contributed by atoms with Gasteiger partial charge in [-0.25, -0.2) is 4.79 Å². The van der Waals surface area contributed by atoms with Gasteiger partial charge in [-0.15, -0.1) is 11.3 Å². The van der Waals surface area contributed by atoms with Crippen molar-refractivity contribution in [3.8, 4) is 11.3 Å². The molecule has 2 amide bonds. The highest BCUT2D eigenvalue weighted by molar-refractivity contribution is 7.12. The molecule has 1 aliphatic rings. The molecule has 3 heterocycles. The molecule has 3 N–H and O–H groups in total. The number of Topliss-reactive ketones (excluding diaryl/α,β-unsaturated/α-hetero) is 2. The molecule has 4 rings (SSSR count). The molecule has 1 aliphatic heterocycles. The number of carbonyl (C=O) groups excluding carboxylic acids is 3. The predicted octanol–water partition coefficient (Wildman–Crippen LogP) is 4.31. The second kappa shape index (κ2) is 8.16. The lowest BCUT2D eigenvalue weighted by molar-refractivity contribution is -0.287. The van der Waals surface area contributed by atoms with Gasteiger partial charge in [-0.05, 0) is 30.5 Å². The molecule has 0 spiro atoms. The number of hydrogen-bond donors (Lipinski definition) is 3. The van der Waals surface area contributed by atoms with Gasteiger partial charge in [-0.2, -0.15) is 13.2 Å². The number of furan rings is 1. The van der Waals surface area contributed by atoms with E-state index in [4.69, 9.17) is 4.42 Å². The van der Waals surface area contributed by atoms with Gasteiger partial charge in [0.15, 0.2) is 11.6 Å². The zero-order valence-corrected chi connectivity index (χ0v) is 17.8. The van der Waals surface area contributed by atoms with Crippen LogP contribution in [0.5, 0.6) is 0 Å². The minimum atomic E-state index is -5.35. The first-order chi connectivity index (χ1) is 15.5. The number of benzene rings is 1. The summed E-state index contributed by atoms with van der Waals surface area (Å²) in [6.45, 7) is 1.41. The van der Waals surface area contributed by atoms with Crippen molar-refractivity contribution in [3.63, 3.8) is 0 Å². The molecule has 0 unspecified atom stereocenters. The van der Waals surface area contributed by atoms with Crippen LogP contribution < -0.4 is 10.6 Å². The van der Waals surface area contributed by atoms with Gasteiger partial charge in [0.1, 0.15) is 23.5 Å². The monoisotopic (exact) mass is 478 g/mol. The first-order valence-electron chi connectivity index (χ1n) is 9.68. The largest absolute Gasteiger partial charge is 0.459 e. The minimum Gasteiger partial charge on any atom is -0.459 e.